The molecule has 1 heterocycles. The second-order valence-corrected chi connectivity index (χ2v) is 6.04. The molecule has 0 aliphatic carbocycles. The number of ether oxygens (including phenoxy) is 2. The first-order valence-electron chi connectivity index (χ1n) is 6.15. The van der Waals surface area contributed by atoms with Crippen LogP contribution in [0.4, 0.5) is 0 Å². The predicted molar refractivity (Wildman–Crippen MR) is 75.8 cm³/mol. The predicted octanol–water partition coefficient (Wildman–Crippen LogP) is -0.0805. The number of rotatable bonds is 8. The lowest BCUT2D eigenvalue weighted by Crippen LogP contribution is -2.38. The van der Waals surface area contributed by atoms with Crippen molar-refractivity contribution in [3.63, 3.8) is 0 Å². The third kappa shape index (κ3) is 5.66. The topological polar surface area (TPSA) is 97.8 Å². The van der Waals surface area contributed by atoms with Crippen molar-refractivity contribution in [1.82, 2.24) is 14.0 Å². The molecule has 118 valence electrons. The van der Waals surface area contributed by atoms with E-state index in [1.807, 2.05) is 0 Å². The van der Waals surface area contributed by atoms with Crippen molar-refractivity contribution in [2.75, 3.05) is 27.8 Å². The molecular formula is C12H19N3O5S. The molecule has 8 nitrogen and oxygen atoms in total. The van der Waals surface area contributed by atoms with Gasteiger partial charge in [-0.2, -0.15) is 17.4 Å². The maximum atomic E-state index is 12.0. The van der Waals surface area contributed by atoms with E-state index in [-0.39, 0.29) is 19.5 Å². The number of carbonyl (C=O) groups is 1. The highest BCUT2D eigenvalue weighted by molar-refractivity contribution is 7.87. The minimum atomic E-state index is -3.67. The molecule has 1 aromatic rings. The van der Waals surface area contributed by atoms with Crippen LogP contribution in [0.5, 0.6) is 5.88 Å². The summed E-state index contributed by atoms with van der Waals surface area (Å²) in [5.74, 6) is -0.0540. The van der Waals surface area contributed by atoms with Crippen molar-refractivity contribution in [2.24, 2.45) is 0 Å². The van der Waals surface area contributed by atoms with Crippen molar-refractivity contribution in [1.29, 1.82) is 0 Å². The van der Waals surface area contributed by atoms with Crippen molar-refractivity contribution in [2.45, 2.75) is 13.0 Å². The number of carbonyl (C=O) groups excluding carboxylic acids is 1. The van der Waals surface area contributed by atoms with Crippen LogP contribution in [-0.4, -0.2) is 51.5 Å². The fourth-order valence-corrected chi connectivity index (χ4v) is 2.33. The number of pyridine rings is 1. The van der Waals surface area contributed by atoms with Crippen LogP contribution in [0.1, 0.15) is 12.0 Å². The van der Waals surface area contributed by atoms with Crippen molar-refractivity contribution < 1.29 is 22.7 Å². The number of methoxy groups -OCH3 is 2. The van der Waals surface area contributed by atoms with Gasteiger partial charge in [0.2, 0.25) is 5.88 Å². The average molecular weight is 317 g/mol. The fraction of sp³-hybridized carbons (Fsp3) is 0.500. The van der Waals surface area contributed by atoms with Gasteiger partial charge in [0.05, 0.1) is 20.6 Å². The van der Waals surface area contributed by atoms with E-state index >= 15 is 0 Å². The monoisotopic (exact) mass is 317 g/mol. The van der Waals surface area contributed by atoms with Gasteiger partial charge in [-0.15, -0.1) is 0 Å². The zero-order valence-electron chi connectivity index (χ0n) is 12.2. The van der Waals surface area contributed by atoms with Gasteiger partial charge in [-0.3, -0.25) is 4.79 Å². The molecular weight excluding hydrogens is 298 g/mol. The first-order valence-corrected chi connectivity index (χ1v) is 7.59. The number of esters is 1. The summed E-state index contributed by atoms with van der Waals surface area (Å²) in [6, 6.07) is 3.32. The molecule has 0 fully saturated rings. The smallest absolute Gasteiger partial charge is 0.306 e. The van der Waals surface area contributed by atoms with E-state index in [0.717, 1.165) is 4.31 Å². The number of hydrogen-bond acceptors (Lipinski definition) is 6. The molecule has 0 bridgehead atoms. The Morgan fingerprint density at radius 3 is 2.76 bits per heavy atom. The van der Waals surface area contributed by atoms with Crippen LogP contribution < -0.4 is 9.46 Å². The lowest BCUT2D eigenvalue weighted by molar-refractivity contribution is -0.140. The zero-order chi connectivity index (χ0) is 15.9. The van der Waals surface area contributed by atoms with Gasteiger partial charge >= 0.3 is 5.97 Å². The average Bonchev–Trinajstić information content (AvgIpc) is 2.50. The zero-order valence-corrected chi connectivity index (χ0v) is 13.0. The summed E-state index contributed by atoms with van der Waals surface area (Å²) in [6.07, 6.45) is 1.53. The molecule has 0 atom stereocenters. The third-order valence-corrected chi connectivity index (χ3v) is 4.25. The van der Waals surface area contributed by atoms with E-state index in [4.69, 9.17) is 4.74 Å². The number of hydrogen-bond donors (Lipinski definition) is 1. The highest BCUT2D eigenvalue weighted by Gasteiger charge is 2.18. The molecule has 0 amide bonds. The Balaban J connectivity index is 2.57. The fourth-order valence-electron chi connectivity index (χ4n) is 1.43. The van der Waals surface area contributed by atoms with E-state index in [2.05, 4.69) is 14.4 Å². The van der Waals surface area contributed by atoms with Gasteiger partial charge in [0.1, 0.15) is 0 Å². The Hall–Kier alpha value is -1.71. The van der Waals surface area contributed by atoms with Gasteiger partial charge in [-0.05, 0) is 11.6 Å². The van der Waals surface area contributed by atoms with E-state index in [0.29, 0.717) is 11.4 Å². The SMILES string of the molecule is COC(=O)CCN(C)S(=O)(=O)NCc1ccnc(OC)c1. The first-order chi connectivity index (χ1) is 9.89. The van der Waals surface area contributed by atoms with Crippen LogP contribution in [0.3, 0.4) is 0 Å². The van der Waals surface area contributed by atoms with E-state index in [1.54, 1.807) is 12.1 Å². The number of nitrogens with one attached hydrogen (secondary N) is 1. The van der Waals surface area contributed by atoms with Crippen LogP contribution in [-0.2, 0) is 26.3 Å². The Morgan fingerprint density at radius 2 is 2.14 bits per heavy atom. The molecule has 9 heteroatoms. The summed E-state index contributed by atoms with van der Waals surface area (Å²) in [6.45, 7) is 0.144. The second kappa shape index (κ2) is 7.91. The number of nitrogens with zero attached hydrogens (tertiary/aromatic N) is 2. The first kappa shape index (κ1) is 17.3. The molecule has 1 rings (SSSR count). The molecule has 0 saturated carbocycles. The summed E-state index contributed by atoms with van der Waals surface area (Å²) in [5.41, 5.74) is 0.715. The highest BCUT2D eigenvalue weighted by atomic mass is 32.2. The van der Waals surface area contributed by atoms with Crippen LogP contribution >= 0.6 is 0 Å². The summed E-state index contributed by atoms with van der Waals surface area (Å²) < 4.78 is 36.9. The summed E-state index contributed by atoms with van der Waals surface area (Å²) in [4.78, 5) is 14.9. The molecule has 0 unspecified atom stereocenters. The maximum absolute atomic E-state index is 12.0. The van der Waals surface area contributed by atoms with Crippen LogP contribution in [0, 0.1) is 0 Å². The molecule has 0 spiro atoms. The lowest BCUT2D eigenvalue weighted by atomic mass is 10.3. The summed E-state index contributed by atoms with van der Waals surface area (Å²) in [7, 11) is 0.459. The lowest BCUT2D eigenvalue weighted by Gasteiger charge is -2.17. The van der Waals surface area contributed by atoms with E-state index < -0.39 is 16.2 Å². The Labute approximate surface area is 124 Å². The molecule has 0 saturated heterocycles. The van der Waals surface area contributed by atoms with Gasteiger partial charge in [-0.25, -0.2) is 4.98 Å². The second-order valence-electron chi connectivity index (χ2n) is 4.18. The van der Waals surface area contributed by atoms with Crippen LogP contribution in [0.2, 0.25) is 0 Å². The Bertz CT molecular complexity index is 576. The van der Waals surface area contributed by atoms with Crippen molar-refractivity contribution in [3.8, 4) is 5.88 Å². The molecule has 0 aromatic carbocycles. The standard InChI is InChI=1S/C12H19N3O5S/c1-15(7-5-12(16)20-3)21(17,18)14-9-10-4-6-13-11(8-10)19-2/h4,6,8,14H,5,7,9H2,1-3H3. The maximum Gasteiger partial charge on any atom is 0.306 e. The molecule has 0 radical (unpaired) electrons. The third-order valence-electron chi connectivity index (χ3n) is 2.74. The van der Waals surface area contributed by atoms with Gasteiger partial charge in [0, 0.05) is 32.4 Å². The van der Waals surface area contributed by atoms with Gasteiger partial charge < -0.3 is 9.47 Å². The van der Waals surface area contributed by atoms with Gasteiger partial charge in [0.25, 0.3) is 10.2 Å². The van der Waals surface area contributed by atoms with Crippen LogP contribution in [0.15, 0.2) is 18.3 Å². The summed E-state index contributed by atoms with van der Waals surface area (Å²) in [5, 5.41) is 0. The Morgan fingerprint density at radius 1 is 1.43 bits per heavy atom. The van der Waals surface area contributed by atoms with E-state index in [1.165, 1.54) is 27.5 Å². The minimum Gasteiger partial charge on any atom is -0.481 e. The van der Waals surface area contributed by atoms with Gasteiger partial charge in [0.15, 0.2) is 0 Å². The molecule has 0 aliphatic heterocycles. The quantitative estimate of drug-likeness (QED) is 0.674. The van der Waals surface area contributed by atoms with Gasteiger partial charge in [-0.1, -0.05) is 0 Å². The van der Waals surface area contributed by atoms with Crippen molar-refractivity contribution in [3.05, 3.63) is 23.9 Å². The largest absolute Gasteiger partial charge is 0.481 e. The molecule has 21 heavy (non-hydrogen) atoms. The molecule has 1 N–H and O–H groups in total. The normalized spacial score (nSPS) is 11.4. The van der Waals surface area contributed by atoms with Crippen molar-refractivity contribution >= 4 is 16.2 Å². The summed E-state index contributed by atoms with van der Waals surface area (Å²) >= 11 is 0. The number of aromatic nitrogens is 1. The minimum absolute atomic E-state index is 0.00299. The van der Waals surface area contributed by atoms with E-state index in [9.17, 15) is 13.2 Å². The molecule has 0 aliphatic rings. The molecule has 1 aromatic heterocycles. The Kier molecular flexibility index (Phi) is 6.53. The highest BCUT2D eigenvalue weighted by Crippen LogP contribution is 2.09. The van der Waals surface area contributed by atoms with Crippen LogP contribution in [0.25, 0.3) is 0 Å².